The fraction of sp³-hybridized carbons (Fsp3) is 0.250. The first kappa shape index (κ1) is 26.2. The maximum Gasteiger partial charge on any atom is 0.186 e. The third-order valence-electron chi connectivity index (χ3n) is 4.01. The van der Waals surface area contributed by atoms with Crippen LogP contribution in [0.5, 0.6) is 0 Å². The van der Waals surface area contributed by atoms with Gasteiger partial charge in [-0.05, 0) is 26.0 Å². The van der Waals surface area contributed by atoms with E-state index >= 15 is 0 Å². The first-order valence-electron chi connectivity index (χ1n) is 9.91. The number of aliphatic hydroxyl groups is 1. The highest BCUT2D eigenvalue weighted by atomic mass is 32.2. The molecule has 0 radical (unpaired) electrons. The molecule has 0 spiro atoms. The molecule has 3 aromatic rings. The van der Waals surface area contributed by atoms with Crippen molar-refractivity contribution < 1.29 is 11.3 Å². The fourth-order valence-corrected chi connectivity index (χ4v) is 3.56. The Morgan fingerprint density at radius 1 is 1.06 bits per heavy atom. The van der Waals surface area contributed by atoms with E-state index in [-0.39, 0.29) is 1.43 Å². The zero-order valence-corrected chi connectivity index (χ0v) is 19.1. The number of nitrogens with two attached hydrogens (primary N) is 1. The number of carbonyl (C=O) groups excluding carboxylic acids is 1. The number of fused-ring (bicyclic) bond motifs is 2. The van der Waals surface area contributed by atoms with E-state index in [1.54, 1.807) is 18.0 Å². The summed E-state index contributed by atoms with van der Waals surface area (Å²) >= 11 is 1.62. The van der Waals surface area contributed by atoms with Crippen LogP contribution in [0.3, 0.4) is 0 Å². The standard InChI is InChI=1S/C18H13N3S.C4H11N.CH4O.CH2O.H2/c1-12-11-19-18-17(20-12)21-16(13-7-3-2-4-8-13)14-9-5-6-10-15(14)22-18;1-2-3-4-5;2*1-2;/h2-11H,1H3;2-5H2,1H3;2H,1H3;1H2;1H. The summed E-state index contributed by atoms with van der Waals surface area (Å²) in [4.78, 5) is 23.0. The van der Waals surface area contributed by atoms with Crippen molar-refractivity contribution >= 4 is 30.1 Å². The van der Waals surface area contributed by atoms with E-state index in [0.717, 1.165) is 46.1 Å². The van der Waals surface area contributed by atoms with Crippen LogP contribution in [-0.4, -0.2) is 41.2 Å². The Kier molecular flexibility index (Phi) is 12.7. The van der Waals surface area contributed by atoms with E-state index in [1.165, 1.54) is 12.8 Å². The molecule has 1 aliphatic heterocycles. The van der Waals surface area contributed by atoms with Gasteiger partial charge in [-0.2, -0.15) is 0 Å². The molecule has 4 rings (SSSR count). The van der Waals surface area contributed by atoms with Gasteiger partial charge in [-0.3, -0.25) is 0 Å². The molecule has 31 heavy (non-hydrogen) atoms. The van der Waals surface area contributed by atoms with Crippen LogP contribution in [-0.2, 0) is 4.79 Å². The molecule has 3 N–H and O–H groups in total. The monoisotopic (exact) mass is 440 g/mol. The number of rotatable bonds is 3. The predicted molar refractivity (Wildman–Crippen MR) is 130 cm³/mol. The molecule has 0 amide bonds. The van der Waals surface area contributed by atoms with Gasteiger partial charge >= 0.3 is 0 Å². The van der Waals surface area contributed by atoms with Gasteiger partial charge in [-0.15, -0.1) is 0 Å². The Labute approximate surface area is 190 Å². The molecule has 1 aromatic heterocycles. The minimum atomic E-state index is 0. The van der Waals surface area contributed by atoms with Crippen LogP contribution in [0.25, 0.3) is 0 Å². The van der Waals surface area contributed by atoms with Crippen molar-refractivity contribution in [3.05, 3.63) is 77.6 Å². The molecule has 0 bridgehead atoms. The van der Waals surface area contributed by atoms with Gasteiger partial charge in [0.1, 0.15) is 11.8 Å². The van der Waals surface area contributed by atoms with Gasteiger partial charge in [-0.25, -0.2) is 15.0 Å². The van der Waals surface area contributed by atoms with Crippen molar-refractivity contribution in [2.75, 3.05) is 13.7 Å². The predicted octanol–water partition coefficient (Wildman–Crippen LogP) is 4.83. The molecule has 0 saturated carbocycles. The molecule has 0 unspecified atom stereocenters. The lowest BCUT2D eigenvalue weighted by molar-refractivity contribution is -0.0979. The lowest BCUT2D eigenvalue weighted by Gasteiger charge is -2.08. The van der Waals surface area contributed by atoms with E-state index in [4.69, 9.17) is 20.6 Å². The van der Waals surface area contributed by atoms with Crippen LogP contribution >= 0.6 is 11.8 Å². The number of aliphatic imine (C=N–C) groups is 1. The van der Waals surface area contributed by atoms with Crippen molar-refractivity contribution in [1.29, 1.82) is 0 Å². The van der Waals surface area contributed by atoms with Gasteiger partial charge in [0.05, 0.1) is 11.4 Å². The first-order valence-corrected chi connectivity index (χ1v) is 10.7. The summed E-state index contributed by atoms with van der Waals surface area (Å²) in [6.07, 6.45) is 4.17. The second-order valence-electron chi connectivity index (χ2n) is 6.21. The molecule has 2 aromatic carbocycles. The number of hydrogen-bond acceptors (Lipinski definition) is 7. The van der Waals surface area contributed by atoms with Gasteiger partial charge in [-0.1, -0.05) is 73.6 Å². The highest BCUT2D eigenvalue weighted by Gasteiger charge is 2.20. The van der Waals surface area contributed by atoms with Gasteiger partial charge in [0.15, 0.2) is 5.82 Å². The SMILES string of the molecule is C=O.CCCCN.CO.Cc1cnc2c(n1)N=C(c1ccccc1)c1ccccc1S2.[HH]. The average Bonchev–Trinajstić information content (AvgIpc) is 3.00. The molecule has 0 fully saturated rings. The molecule has 0 aliphatic carbocycles. The van der Waals surface area contributed by atoms with Crippen LogP contribution in [0.1, 0.15) is 38.0 Å². The van der Waals surface area contributed by atoms with Crippen LogP contribution < -0.4 is 5.73 Å². The Morgan fingerprint density at radius 3 is 2.32 bits per heavy atom. The molecule has 7 heteroatoms. The Morgan fingerprint density at radius 2 is 1.71 bits per heavy atom. The topological polar surface area (TPSA) is 101 Å². The number of hydrogen-bond donors (Lipinski definition) is 2. The summed E-state index contributed by atoms with van der Waals surface area (Å²) in [7, 11) is 1.00. The van der Waals surface area contributed by atoms with Crippen LogP contribution in [0.2, 0.25) is 0 Å². The third kappa shape index (κ3) is 7.71. The number of aryl methyl sites for hydroxylation is 1. The molecule has 0 saturated heterocycles. The highest BCUT2D eigenvalue weighted by Crippen LogP contribution is 2.38. The first-order chi connectivity index (χ1) is 15.2. The van der Waals surface area contributed by atoms with E-state index < -0.39 is 0 Å². The smallest absolute Gasteiger partial charge is 0.186 e. The number of aromatic nitrogens is 2. The van der Waals surface area contributed by atoms with Gasteiger partial charge in [0.2, 0.25) is 0 Å². The molecule has 2 heterocycles. The third-order valence-corrected chi connectivity index (χ3v) is 5.07. The second kappa shape index (κ2) is 15.0. The lowest BCUT2D eigenvalue weighted by atomic mass is 10.0. The Bertz CT molecular complexity index is 954. The number of benzene rings is 2. The number of unbranched alkanes of at least 4 members (excludes halogenated alkanes) is 1. The van der Waals surface area contributed by atoms with Crippen LogP contribution in [0, 0.1) is 6.92 Å². The van der Waals surface area contributed by atoms with Crippen molar-refractivity contribution in [2.45, 2.75) is 36.6 Å². The highest BCUT2D eigenvalue weighted by molar-refractivity contribution is 7.99. The average molecular weight is 441 g/mol. The Balaban J connectivity index is 0.000000842. The van der Waals surface area contributed by atoms with E-state index in [0.29, 0.717) is 5.82 Å². The molecular formula is C24H32N4O2S. The van der Waals surface area contributed by atoms with Gasteiger partial charge in [0, 0.05) is 30.8 Å². The zero-order valence-electron chi connectivity index (χ0n) is 18.3. The summed E-state index contributed by atoms with van der Waals surface area (Å²) in [5.41, 5.74) is 9.17. The van der Waals surface area contributed by atoms with Crippen molar-refractivity contribution in [3.8, 4) is 0 Å². The summed E-state index contributed by atoms with van der Waals surface area (Å²) in [6, 6.07) is 18.5. The molecule has 166 valence electrons. The number of carbonyl (C=O) groups is 1. The van der Waals surface area contributed by atoms with Crippen molar-refractivity contribution in [3.63, 3.8) is 0 Å². The summed E-state index contributed by atoms with van der Waals surface area (Å²) in [5, 5.41) is 7.85. The van der Waals surface area contributed by atoms with Gasteiger partial charge in [0.25, 0.3) is 0 Å². The number of nitrogens with zero attached hydrogens (tertiary/aromatic N) is 3. The molecule has 6 nitrogen and oxygen atoms in total. The largest absolute Gasteiger partial charge is 0.400 e. The maximum absolute atomic E-state index is 8.00. The van der Waals surface area contributed by atoms with Crippen LogP contribution in [0.15, 0.2) is 75.7 Å². The van der Waals surface area contributed by atoms with E-state index in [2.05, 4.69) is 41.2 Å². The van der Waals surface area contributed by atoms with Crippen molar-refractivity contribution in [2.24, 2.45) is 10.7 Å². The maximum atomic E-state index is 8.00. The lowest BCUT2D eigenvalue weighted by Crippen LogP contribution is -2.03. The second-order valence-corrected chi connectivity index (χ2v) is 7.24. The van der Waals surface area contributed by atoms with Crippen LogP contribution in [0.4, 0.5) is 5.82 Å². The summed E-state index contributed by atoms with van der Waals surface area (Å²) < 4.78 is 0. The van der Waals surface area contributed by atoms with E-state index in [1.807, 2.05) is 44.0 Å². The number of aliphatic hydroxyl groups excluding tert-OH is 1. The van der Waals surface area contributed by atoms with Gasteiger partial charge < -0.3 is 15.6 Å². The summed E-state index contributed by atoms with van der Waals surface area (Å²) in [6.45, 7) is 6.91. The normalized spacial score (nSPS) is 10.8. The van der Waals surface area contributed by atoms with Crippen molar-refractivity contribution in [1.82, 2.24) is 9.97 Å². The Hall–Kier alpha value is -2.87. The molecule has 0 atom stereocenters. The molecular weight excluding hydrogens is 408 g/mol. The summed E-state index contributed by atoms with van der Waals surface area (Å²) in [5.74, 6) is 0.694. The van der Waals surface area contributed by atoms with E-state index in [9.17, 15) is 0 Å². The minimum absolute atomic E-state index is 0. The zero-order chi connectivity index (χ0) is 23.1. The quantitative estimate of drug-likeness (QED) is 0.473. The molecule has 1 aliphatic rings. The minimum Gasteiger partial charge on any atom is -0.400 e. The fourth-order valence-electron chi connectivity index (χ4n) is 2.64.